The van der Waals surface area contributed by atoms with Gasteiger partial charge in [0.05, 0.1) is 10.5 Å². The molecular weight excluding hydrogens is 649 g/mol. The molecule has 3 N–H and O–H groups in total. The quantitative estimate of drug-likeness (QED) is 0.122. The van der Waals surface area contributed by atoms with Crippen LogP contribution in [0.25, 0.3) is 0 Å². The lowest BCUT2D eigenvalue weighted by molar-refractivity contribution is 0.0699. The predicted octanol–water partition coefficient (Wildman–Crippen LogP) is 6.94. The van der Waals surface area contributed by atoms with Crippen LogP contribution >= 0.6 is 0 Å². The molecule has 0 spiro atoms. The molecule has 264 valence electrons. The van der Waals surface area contributed by atoms with Crippen LogP contribution in [0.5, 0.6) is 11.5 Å². The second-order valence-electron chi connectivity index (χ2n) is 13.2. The first kappa shape index (κ1) is 35.4. The number of hydrogen-bond acceptors (Lipinski definition) is 8. The standard InChI is InChI=1S/C40H48N4O5S/c1-30-27-36(15-17-38(30)42-29-32-20-25-48-26-21-32)50(46,47)43-40(45)37-16-14-34(28-39(37)49-35-12-6-3-7-13-35)44-23-18-33(19-24-44)41-22-8-11-31-9-4-2-5-10-31/h2-7,9-10,12-17,27-28,32-33,41-42H,8,11,18-26,29H2,1H3,(H,43,45). The molecule has 6 rings (SSSR count). The summed E-state index contributed by atoms with van der Waals surface area (Å²) in [5, 5.41) is 7.17. The number of benzene rings is 4. The van der Waals surface area contributed by atoms with Crippen LogP contribution in [0, 0.1) is 12.8 Å². The van der Waals surface area contributed by atoms with Crippen LogP contribution in [0.1, 0.15) is 53.6 Å². The Morgan fingerprint density at radius 2 is 1.60 bits per heavy atom. The molecule has 0 radical (unpaired) electrons. The van der Waals surface area contributed by atoms with Gasteiger partial charge in [-0.15, -0.1) is 0 Å². The normalized spacial score (nSPS) is 15.8. The van der Waals surface area contributed by atoms with Crippen molar-refractivity contribution in [3.05, 3.63) is 114 Å². The Balaban J connectivity index is 1.09. The van der Waals surface area contributed by atoms with E-state index >= 15 is 0 Å². The third kappa shape index (κ3) is 9.65. The molecule has 4 aromatic rings. The summed E-state index contributed by atoms with van der Waals surface area (Å²) in [4.78, 5) is 15.9. The fourth-order valence-corrected chi connectivity index (χ4v) is 7.67. The van der Waals surface area contributed by atoms with E-state index in [0.29, 0.717) is 23.5 Å². The predicted molar refractivity (Wildman–Crippen MR) is 199 cm³/mol. The Kier molecular flexibility index (Phi) is 12.1. The van der Waals surface area contributed by atoms with E-state index in [2.05, 4.69) is 44.5 Å². The molecule has 50 heavy (non-hydrogen) atoms. The van der Waals surface area contributed by atoms with E-state index in [1.165, 1.54) is 11.6 Å². The molecule has 2 saturated heterocycles. The molecule has 9 nitrogen and oxygen atoms in total. The van der Waals surface area contributed by atoms with Gasteiger partial charge >= 0.3 is 0 Å². The number of amides is 1. The summed E-state index contributed by atoms with van der Waals surface area (Å²) in [7, 11) is -4.15. The van der Waals surface area contributed by atoms with Crippen molar-refractivity contribution in [3.8, 4) is 11.5 Å². The van der Waals surface area contributed by atoms with Gasteiger partial charge in [0.2, 0.25) is 0 Å². The average molecular weight is 697 g/mol. The maximum Gasteiger partial charge on any atom is 0.268 e. The molecule has 0 unspecified atom stereocenters. The molecule has 10 heteroatoms. The summed E-state index contributed by atoms with van der Waals surface area (Å²) in [6.07, 6.45) is 6.19. The number of nitrogens with zero attached hydrogens (tertiary/aromatic N) is 1. The minimum Gasteiger partial charge on any atom is -0.456 e. The molecule has 0 aromatic heterocycles. The van der Waals surface area contributed by atoms with Gasteiger partial charge in [0.1, 0.15) is 11.5 Å². The lowest BCUT2D eigenvalue weighted by atomic mass is 10.0. The first-order valence-corrected chi connectivity index (χ1v) is 19.2. The highest BCUT2D eigenvalue weighted by atomic mass is 32.2. The number of aryl methyl sites for hydroxylation is 2. The number of carbonyl (C=O) groups excluding carboxylic acids is 1. The number of nitrogens with one attached hydrogen (secondary N) is 3. The average Bonchev–Trinajstić information content (AvgIpc) is 3.14. The van der Waals surface area contributed by atoms with Crippen LogP contribution in [-0.2, 0) is 21.2 Å². The fourth-order valence-electron chi connectivity index (χ4n) is 6.62. The zero-order chi connectivity index (χ0) is 34.8. The Hall–Kier alpha value is -4.38. The van der Waals surface area contributed by atoms with Crippen molar-refractivity contribution in [2.24, 2.45) is 5.92 Å². The van der Waals surface area contributed by atoms with E-state index in [0.717, 1.165) is 94.9 Å². The maximum absolute atomic E-state index is 13.6. The molecule has 0 atom stereocenters. The summed E-state index contributed by atoms with van der Waals surface area (Å²) in [5.41, 5.74) is 4.10. The molecular formula is C40H48N4O5S. The summed E-state index contributed by atoms with van der Waals surface area (Å²) in [5.74, 6) is 0.625. The van der Waals surface area contributed by atoms with Crippen LogP contribution in [0.2, 0.25) is 0 Å². The Bertz CT molecular complexity index is 1810. The van der Waals surface area contributed by atoms with Crippen molar-refractivity contribution < 1.29 is 22.7 Å². The summed E-state index contributed by atoms with van der Waals surface area (Å²) in [6, 6.07) is 30.5. The van der Waals surface area contributed by atoms with E-state index < -0.39 is 15.9 Å². The van der Waals surface area contributed by atoms with Crippen molar-refractivity contribution >= 4 is 27.3 Å². The molecule has 2 fully saturated rings. The molecule has 2 aliphatic heterocycles. The van der Waals surface area contributed by atoms with Gasteiger partial charge in [-0.05, 0) is 112 Å². The highest BCUT2D eigenvalue weighted by molar-refractivity contribution is 7.90. The number of anilines is 2. The highest BCUT2D eigenvalue weighted by Gasteiger charge is 2.25. The topological polar surface area (TPSA) is 109 Å². The smallest absolute Gasteiger partial charge is 0.268 e. The fraction of sp³-hybridized carbons (Fsp3) is 0.375. The minimum atomic E-state index is -4.15. The Labute approximate surface area is 296 Å². The molecule has 2 aliphatic rings. The summed E-state index contributed by atoms with van der Waals surface area (Å²) >= 11 is 0. The van der Waals surface area contributed by atoms with Crippen molar-refractivity contribution in [1.82, 2.24) is 10.0 Å². The van der Waals surface area contributed by atoms with Gasteiger partial charge in [-0.1, -0.05) is 48.5 Å². The van der Waals surface area contributed by atoms with Crippen LogP contribution in [0.3, 0.4) is 0 Å². The number of hydrogen-bond donors (Lipinski definition) is 3. The van der Waals surface area contributed by atoms with Crippen LogP contribution < -0.4 is 25.0 Å². The van der Waals surface area contributed by atoms with Gasteiger partial charge in [0, 0.05) is 56.3 Å². The number of ether oxygens (including phenoxy) is 2. The van der Waals surface area contributed by atoms with E-state index in [1.54, 1.807) is 30.3 Å². The molecule has 0 bridgehead atoms. The van der Waals surface area contributed by atoms with E-state index in [1.807, 2.05) is 43.3 Å². The summed E-state index contributed by atoms with van der Waals surface area (Å²) in [6.45, 7) is 6.92. The van der Waals surface area contributed by atoms with Gasteiger partial charge < -0.3 is 25.0 Å². The first-order valence-electron chi connectivity index (χ1n) is 17.7. The Morgan fingerprint density at radius 1 is 0.880 bits per heavy atom. The molecule has 0 saturated carbocycles. The number of para-hydroxylation sites is 1. The highest BCUT2D eigenvalue weighted by Crippen LogP contribution is 2.32. The van der Waals surface area contributed by atoms with Gasteiger partial charge in [-0.2, -0.15) is 0 Å². The third-order valence-electron chi connectivity index (χ3n) is 9.62. The monoisotopic (exact) mass is 696 g/mol. The molecule has 0 aliphatic carbocycles. The number of piperidine rings is 1. The third-order valence-corrected chi connectivity index (χ3v) is 10.9. The van der Waals surface area contributed by atoms with Crippen LogP contribution in [0.4, 0.5) is 11.4 Å². The second kappa shape index (κ2) is 17.0. The van der Waals surface area contributed by atoms with E-state index in [4.69, 9.17) is 9.47 Å². The zero-order valence-electron chi connectivity index (χ0n) is 28.8. The van der Waals surface area contributed by atoms with Crippen molar-refractivity contribution in [2.45, 2.75) is 56.4 Å². The molecule has 4 aromatic carbocycles. The largest absolute Gasteiger partial charge is 0.456 e. The van der Waals surface area contributed by atoms with Crippen molar-refractivity contribution in [3.63, 3.8) is 0 Å². The molecule has 2 heterocycles. The van der Waals surface area contributed by atoms with E-state index in [9.17, 15) is 13.2 Å². The Morgan fingerprint density at radius 3 is 2.32 bits per heavy atom. The van der Waals surface area contributed by atoms with Crippen molar-refractivity contribution in [2.75, 3.05) is 49.6 Å². The lowest BCUT2D eigenvalue weighted by Crippen LogP contribution is -2.43. The minimum absolute atomic E-state index is 0.0265. The van der Waals surface area contributed by atoms with Gasteiger partial charge in [-0.3, -0.25) is 4.79 Å². The van der Waals surface area contributed by atoms with Crippen molar-refractivity contribution in [1.29, 1.82) is 0 Å². The summed E-state index contributed by atoms with van der Waals surface area (Å²) < 4.78 is 40.8. The van der Waals surface area contributed by atoms with E-state index in [-0.39, 0.29) is 10.5 Å². The number of rotatable bonds is 14. The van der Waals surface area contributed by atoms with Gasteiger partial charge in [0.25, 0.3) is 15.9 Å². The first-order chi connectivity index (χ1) is 24.3. The van der Waals surface area contributed by atoms with Gasteiger partial charge in [0.15, 0.2) is 0 Å². The van der Waals surface area contributed by atoms with Gasteiger partial charge in [-0.25, -0.2) is 13.1 Å². The SMILES string of the molecule is Cc1cc(S(=O)(=O)NC(=O)c2ccc(N3CCC(NCCCc4ccccc4)CC3)cc2Oc2ccccc2)ccc1NCC1CCOCC1. The second-order valence-corrected chi connectivity index (χ2v) is 14.9. The van der Waals surface area contributed by atoms with Crippen LogP contribution in [0.15, 0.2) is 102 Å². The number of sulfonamides is 1. The molecule has 1 amide bonds. The zero-order valence-corrected chi connectivity index (χ0v) is 29.6. The number of carbonyl (C=O) groups is 1. The van der Waals surface area contributed by atoms with Crippen LogP contribution in [-0.4, -0.2) is 59.8 Å². The maximum atomic E-state index is 13.6. The lowest BCUT2D eigenvalue weighted by Gasteiger charge is -2.34.